The molecule has 0 saturated carbocycles. The molecule has 0 saturated heterocycles. The van der Waals surface area contributed by atoms with Crippen LogP contribution in [0, 0.1) is 13.8 Å². The predicted molar refractivity (Wildman–Crippen MR) is 100 cm³/mol. The number of aliphatic hydroxyl groups is 2. The maximum atomic E-state index is 9.29. The molecule has 0 atom stereocenters. The van der Waals surface area contributed by atoms with E-state index in [1.807, 2.05) is 32.0 Å². The SMILES string of the molecule is Cc1cnc(Nc2nc(C(CO)CO)cs2)c(Oc2cccnc2C)c1. The standard InChI is InChI=1S/C18H20N4O3S/c1-11-6-16(25-15-4-3-5-19-12(15)2)17(20-7-11)22-18-21-14(10-26-18)13(8-23)9-24/h3-7,10,13,23-24H,8-9H2,1-2H3,(H,20,21,22). The van der Waals surface area contributed by atoms with E-state index in [1.165, 1.54) is 11.3 Å². The van der Waals surface area contributed by atoms with Crippen LogP contribution in [0.4, 0.5) is 10.9 Å². The Morgan fingerprint density at radius 1 is 1.19 bits per heavy atom. The average Bonchev–Trinajstić information content (AvgIpc) is 3.09. The number of aromatic nitrogens is 3. The molecule has 0 fully saturated rings. The van der Waals surface area contributed by atoms with Crippen molar-refractivity contribution in [3.8, 4) is 11.5 Å². The molecule has 26 heavy (non-hydrogen) atoms. The fourth-order valence-electron chi connectivity index (χ4n) is 2.29. The lowest BCUT2D eigenvalue weighted by Crippen LogP contribution is -2.09. The monoisotopic (exact) mass is 372 g/mol. The van der Waals surface area contributed by atoms with Crippen molar-refractivity contribution in [2.75, 3.05) is 18.5 Å². The van der Waals surface area contributed by atoms with Gasteiger partial charge < -0.3 is 20.3 Å². The number of nitrogens with one attached hydrogen (secondary N) is 1. The summed E-state index contributed by atoms with van der Waals surface area (Å²) in [5, 5.41) is 24.1. The number of aryl methyl sites for hydroxylation is 2. The Labute approximate surface area is 155 Å². The van der Waals surface area contributed by atoms with Gasteiger partial charge in [0.15, 0.2) is 16.7 Å². The highest BCUT2D eigenvalue weighted by Crippen LogP contribution is 2.33. The zero-order chi connectivity index (χ0) is 18.5. The maximum absolute atomic E-state index is 9.29. The van der Waals surface area contributed by atoms with Gasteiger partial charge in [-0.25, -0.2) is 9.97 Å². The summed E-state index contributed by atoms with van der Waals surface area (Å²) < 4.78 is 6.00. The van der Waals surface area contributed by atoms with Crippen LogP contribution in [0.1, 0.15) is 22.9 Å². The van der Waals surface area contributed by atoms with Crippen molar-refractivity contribution in [1.29, 1.82) is 0 Å². The molecule has 8 heteroatoms. The zero-order valence-electron chi connectivity index (χ0n) is 14.5. The second-order valence-corrected chi connectivity index (χ2v) is 6.67. The molecule has 3 N–H and O–H groups in total. The minimum absolute atomic E-state index is 0.156. The van der Waals surface area contributed by atoms with Crippen molar-refractivity contribution in [2.45, 2.75) is 19.8 Å². The number of ether oxygens (including phenoxy) is 1. The van der Waals surface area contributed by atoms with E-state index in [4.69, 9.17) is 4.74 Å². The summed E-state index contributed by atoms with van der Waals surface area (Å²) in [6.45, 7) is 3.51. The van der Waals surface area contributed by atoms with Gasteiger partial charge in [-0.1, -0.05) is 0 Å². The Bertz CT molecular complexity index is 880. The molecule has 0 amide bonds. The minimum atomic E-state index is -0.387. The maximum Gasteiger partial charge on any atom is 0.188 e. The van der Waals surface area contributed by atoms with E-state index in [0.717, 1.165) is 11.3 Å². The highest BCUT2D eigenvalue weighted by atomic mass is 32.1. The molecular formula is C18H20N4O3S. The topological polar surface area (TPSA) is 100 Å². The minimum Gasteiger partial charge on any atom is -0.452 e. The highest BCUT2D eigenvalue weighted by Gasteiger charge is 2.15. The van der Waals surface area contributed by atoms with Crippen LogP contribution in [0.15, 0.2) is 36.0 Å². The number of thiazole rings is 1. The van der Waals surface area contributed by atoms with Gasteiger partial charge in [-0.05, 0) is 37.6 Å². The van der Waals surface area contributed by atoms with Crippen LogP contribution in [0.25, 0.3) is 0 Å². The number of hydrogen-bond acceptors (Lipinski definition) is 8. The number of hydrogen-bond donors (Lipinski definition) is 3. The first-order valence-corrected chi connectivity index (χ1v) is 8.99. The van der Waals surface area contributed by atoms with Gasteiger partial charge in [0, 0.05) is 23.7 Å². The first kappa shape index (κ1) is 18.2. The molecular weight excluding hydrogens is 352 g/mol. The van der Waals surface area contributed by atoms with Crippen LogP contribution in [0.2, 0.25) is 0 Å². The molecule has 136 valence electrons. The molecule has 0 aromatic carbocycles. The Balaban J connectivity index is 1.85. The molecule has 0 spiro atoms. The number of pyridine rings is 2. The number of nitrogens with zero attached hydrogens (tertiary/aromatic N) is 3. The third-order valence-corrected chi connectivity index (χ3v) is 4.55. The molecule has 3 rings (SSSR count). The average molecular weight is 372 g/mol. The number of aliphatic hydroxyl groups excluding tert-OH is 2. The molecule has 0 aliphatic heterocycles. The van der Waals surface area contributed by atoms with Gasteiger partial charge in [-0.3, -0.25) is 4.98 Å². The molecule has 3 aromatic heterocycles. The number of rotatable bonds is 7. The van der Waals surface area contributed by atoms with Crippen LogP contribution in [0.5, 0.6) is 11.5 Å². The summed E-state index contributed by atoms with van der Waals surface area (Å²) in [5.41, 5.74) is 2.39. The largest absolute Gasteiger partial charge is 0.452 e. The Hall–Kier alpha value is -2.55. The second-order valence-electron chi connectivity index (χ2n) is 5.81. The Kier molecular flexibility index (Phi) is 5.77. The van der Waals surface area contributed by atoms with Crippen LogP contribution in [0.3, 0.4) is 0 Å². The lowest BCUT2D eigenvalue weighted by Gasteiger charge is -2.12. The van der Waals surface area contributed by atoms with E-state index in [2.05, 4.69) is 20.3 Å². The number of anilines is 2. The van der Waals surface area contributed by atoms with E-state index in [1.54, 1.807) is 17.8 Å². The van der Waals surface area contributed by atoms with Crippen molar-refractivity contribution in [1.82, 2.24) is 15.0 Å². The van der Waals surface area contributed by atoms with Crippen molar-refractivity contribution in [3.63, 3.8) is 0 Å². The van der Waals surface area contributed by atoms with Gasteiger partial charge in [0.25, 0.3) is 0 Å². The molecule has 7 nitrogen and oxygen atoms in total. The van der Waals surface area contributed by atoms with Gasteiger partial charge in [0.05, 0.1) is 24.6 Å². The molecule has 0 bridgehead atoms. The van der Waals surface area contributed by atoms with Crippen LogP contribution in [-0.4, -0.2) is 38.4 Å². The lowest BCUT2D eigenvalue weighted by molar-refractivity contribution is 0.190. The lowest BCUT2D eigenvalue weighted by atomic mass is 10.1. The Morgan fingerprint density at radius 3 is 2.73 bits per heavy atom. The molecule has 3 aromatic rings. The van der Waals surface area contributed by atoms with Crippen LogP contribution < -0.4 is 10.1 Å². The van der Waals surface area contributed by atoms with E-state index in [0.29, 0.717) is 28.1 Å². The van der Waals surface area contributed by atoms with E-state index >= 15 is 0 Å². The van der Waals surface area contributed by atoms with E-state index in [-0.39, 0.29) is 19.1 Å². The highest BCUT2D eigenvalue weighted by molar-refractivity contribution is 7.13. The molecule has 0 unspecified atom stereocenters. The molecule has 3 heterocycles. The van der Waals surface area contributed by atoms with Crippen molar-refractivity contribution >= 4 is 22.3 Å². The first-order valence-electron chi connectivity index (χ1n) is 8.11. The van der Waals surface area contributed by atoms with Crippen LogP contribution in [-0.2, 0) is 0 Å². The normalized spacial score (nSPS) is 11.0. The predicted octanol–water partition coefficient (Wildman–Crippen LogP) is 3.15. The summed E-state index contributed by atoms with van der Waals surface area (Å²) in [6, 6.07) is 5.55. The van der Waals surface area contributed by atoms with Gasteiger partial charge in [0.2, 0.25) is 0 Å². The zero-order valence-corrected chi connectivity index (χ0v) is 15.3. The third-order valence-electron chi connectivity index (χ3n) is 3.77. The summed E-state index contributed by atoms with van der Waals surface area (Å²) in [6.07, 6.45) is 3.45. The molecule has 0 radical (unpaired) electrons. The fourth-order valence-corrected chi connectivity index (χ4v) is 3.08. The van der Waals surface area contributed by atoms with Gasteiger partial charge in [0.1, 0.15) is 5.75 Å². The van der Waals surface area contributed by atoms with Crippen LogP contribution >= 0.6 is 11.3 Å². The van der Waals surface area contributed by atoms with E-state index in [9.17, 15) is 10.2 Å². The van der Waals surface area contributed by atoms with Crippen molar-refractivity contribution in [3.05, 3.63) is 52.9 Å². The summed E-state index contributed by atoms with van der Waals surface area (Å²) >= 11 is 1.37. The Morgan fingerprint density at radius 2 is 2.00 bits per heavy atom. The van der Waals surface area contributed by atoms with E-state index < -0.39 is 0 Å². The fraction of sp³-hybridized carbons (Fsp3) is 0.278. The third kappa shape index (κ3) is 4.16. The summed E-state index contributed by atoms with van der Waals surface area (Å²) in [5.74, 6) is 1.37. The van der Waals surface area contributed by atoms with Crippen molar-refractivity contribution < 1.29 is 14.9 Å². The van der Waals surface area contributed by atoms with Gasteiger partial charge >= 0.3 is 0 Å². The quantitative estimate of drug-likeness (QED) is 0.586. The first-order chi connectivity index (χ1) is 12.6. The van der Waals surface area contributed by atoms with Gasteiger partial charge in [-0.15, -0.1) is 11.3 Å². The molecule has 0 aliphatic rings. The van der Waals surface area contributed by atoms with Gasteiger partial charge in [-0.2, -0.15) is 0 Å². The van der Waals surface area contributed by atoms with Crippen molar-refractivity contribution in [2.24, 2.45) is 0 Å². The smallest absolute Gasteiger partial charge is 0.188 e. The summed E-state index contributed by atoms with van der Waals surface area (Å²) in [4.78, 5) is 13.0. The molecule has 0 aliphatic carbocycles. The second kappa shape index (κ2) is 8.22. The summed E-state index contributed by atoms with van der Waals surface area (Å²) in [7, 11) is 0.